The smallest absolute Gasteiger partial charge is 0.221 e. The van der Waals surface area contributed by atoms with Gasteiger partial charge in [-0.3, -0.25) is 0 Å². The maximum Gasteiger partial charge on any atom is 0.221 e. The number of anilines is 1. The minimum absolute atomic E-state index is 0.162. The van der Waals surface area contributed by atoms with E-state index in [1.165, 1.54) is 10.6 Å². The normalized spacial score (nSPS) is 18.9. The molecule has 0 radical (unpaired) electrons. The van der Waals surface area contributed by atoms with Crippen molar-refractivity contribution in [3.63, 3.8) is 0 Å². The molecule has 8 heteroatoms. The lowest BCUT2D eigenvalue weighted by molar-refractivity contribution is 0.383. The molecule has 2 heterocycles. The number of sulfonamides is 1. The zero-order chi connectivity index (χ0) is 11.6. The van der Waals surface area contributed by atoms with E-state index in [2.05, 4.69) is 15.2 Å². The molecule has 7 nitrogen and oxygen atoms in total. The second kappa shape index (κ2) is 4.38. The molecule has 1 N–H and O–H groups in total. The summed E-state index contributed by atoms with van der Waals surface area (Å²) in [6, 6.07) is 0. The third-order valence-electron chi connectivity index (χ3n) is 2.70. The van der Waals surface area contributed by atoms with Crippen molar-refractivity contribution < 1.29 is 8.42 Å². The number of nitrogens with one attached hydrogen (secondary N) is 1. The highest BCUT2D eigenvalue weighted by Crippen LogP contribution is 2.12. The van der Waals surface area contributed by atoms with Gasteiger partial charge in [0.15, 0.2) is 0 Å². The lowest BCUT2D eigenvalue weighted by atomic mass is 10.4. The second-order valence-electron chi connectivity index (χ2n) is 3.60. The van der Waals surface area contributed by atoms with Gasteiger partial charge in [0.05, 0.1) is 5.75 Å². The van der Waals surface area contributed by atoms with E-state index in [4.69, 9.17) is 0 Å². The van der Waals surface area contributed by atoms with Crippen LogP contribution in [-0.4, -0.2) is 59.8 Å². The number of piperazine rings is 1. The average Bonchev–Trinajstić information content (AvgIpc) is 2.83. The molecule has 90 valence electrons. The summed E-state index contributed by atoms with van der Waals surface area (Å²) in [4.78, 5) is 6.03. The second-order valence-corrected chi connectivity index (χ2v) is 5.85. The predicted octanol–water partition coefficient (Wildman–Crippen LogP) is -0.724. The van der Waals surface area contributed by atoms with Crippen molar-refractivity contribution in [3.8, 4) is 0 Å². The van der Waals surface area contributed by atoms with E-state index in [0.29, 0.717) is 32.1 Å². The number of H-pyrrole nitrogens is 1. The van der Waals surface area contributed by atoms with Crippen LogP contribution in [0.2, 0.25) is 0 Å². The molecule has 0 saturated carbocycles. The van der Waals surface area contributed by atoms with Gasteiger partial charge in [-0.1, -0.05) is 0 Å². The minimum Gasteiger partial charge on any atom is -0.339 e. The van der Waals surface area contributed by atoms with E-state index >= 15 is 0 Å². The van der Waals surface area contributed by atoms with Crippen molar-refractivity contribution in [3.05, 3.63) is 6.33 Å². The standard InChI is InChI=1S/C8H15N5O2S/c1-2-16(14,15)13-5-3-12(4-6-13)8-9-7-10-11-8/h7H,2-6H2,1H3,(H,9,10,11). The summed E-state index contributed by atoms with van der Waals surface area (Å²) in [6.45, 7) is 3.98. The summed E-state index contributed by atoms with van der Waals surface area (Å²) in [7, 11) is -3.05. The highest BCUT2D eigenvalue weighted by atomic mass is 32.2. The third kappa shape index (κ3) is 2.17. The molecule has 0 aromatic carbocycles. The van der Waals surface area contributed by atoms with Gasteiger partial charge in [-0.2, -0.15) is 14.4 Å². The van der Waals surface area contributed by atoms with Gasteiger partial charge in [-0.05, 0) is 6.92 Å². The van der Waals surface area contributed by atoms with E-state index in [0.717, 1.165) is 0 Å². The lowest BCUT2D eigenvalue weighted by Gasteiger charge is -2.33. The van der Waals surface area contributed by atoms with Crippen LogP contribution in [0.5, 0.6) is 0 Å². The largest absolute Gasteiger partial charge is 0.339 e. The number of nitrogens with zero attached hydrogens (tertiary/aromatic N) is 4. The number of rotatable bonds is 3. The molecule has 1 aliphatic rings. The molecule has 0 unspecified atom stereocenters. The topological polar surface area (TPSA) is 82.2 Å². The van der Waals surface area contributed by atoms with Crippen molar-refractivity contribution in [1.29, 1.82) is 0 Å². The fraction of sp³-hybridized carbons (Fsp3) is 0.750. The first-order chi connectivity index (χ1) is 7.63. The Morgan fingerprint density at radius 3 is 2.56 bits per heavy atom. The highest BCUT2D eigenvalue weighted by molar-refractivity contribution is 7.89. The summed E-state index contributed by atoms with van der Waals surface area (Å²) in [5.74, 6) is 0.864. The van der Waals surface area contributed by atoms with Crippen molar-refractivity contribution in [2.45, 2.75) is 6.92 Å². The molecule has 0 aliphatic carbocycles. The first-order valence-corrected chi connectivity index (χ1v) is 6.82. The molecule has 1 aliphatic heterocycles. The van der Waals surface area contributed by atoms with Gasteiger partial charge in [-0.15, -0.1) is 0 Å². The third-order valence-corrected chi connectivity index (χ3v) is 4.58. The lowest BCUT2D eigenvalue weighted by Crippen LogP contribution is -2.49. The van der Waals surface area contributed by atoms with Crippen molar-refractivity contribution in [2.24, 2.45) is 0 Å². The quantitative estimate of drug-likeness (QED) is 0.759. The van der Waals surface area contributed by atoms with Crippen LogP contribution in [0.15, 0.2) is 6.33 Å². The summed E-state index contributed by atoms with van der Waals surface area (Å²) < 4.78 is 24.8. The molecule has 1 fully saturated rings. The Labute approximate surface area is 94.5 Å². The zero-order valence-electron chi connectivity index (χ0n) is 9.13. The van der Waals surface area contributed by atoms with Crippen LogP contribution in [0, 0.1) is 0 Å². The van der Waals surface area contributed by atoms with Crippen LogP contribution in [0.4, 0.5) is 5.95 Å². The van der Waals surface area contributed by atoms with Crippen molar-refractivity contribution in [1.82, 2.24) is 19.5 Å². The molecule has 1 aromatic rings. The predicted molar refractivity (Wildman–Crippen MR) is 59.6 cm³/mol. The van der Waals surface area contributed by atoms with Gasteiger partial charge in [0.2, 0.25) is 16.0 Å². The molecule has 0 atom stereocenters. The molecule has 0 amide bonds. The average molecular weight is 245 g/mol. The van der Waals surface area contributed by atoms with Crippen LogP contribution in [0.25, 0.3) is 0 Å². The van der Waals surface area contributed by atoms with Crippen LogP contribution in [0.3, 0.4) is 0 Å². The Bertz CT molecular complexity index is 421. The highest BCUT2D eigenvalue weighted by Gasteiger charge is 2.26. The molecule has 16 heavy (non-hydrogen) atoms. The molecular formula is C8H15N5O2S. The first kappa shape index (κ1) is 11.3. The fourth-order valence-electron chi connectivity index (χ4n) is 1.71. The number of hydrogen-bond donors (Lipinski definition) is 1. The number of aromatic amines is 1. The Balaban J connectivity index is 1.98. The monoisotopic (exact) mass is 245 g/mol. The Morgan fingerprint density at radius 1 is 1.38 bits per heavy atom. The Kier molecular flexibility index (Phi) is 3.10. The number of aromatic nitrogens is 3. The molecule has 0 spiro atoms. The van der Waals surface area contributed by atoms with E-state index < -0.39 is 10.0 Å². The van der Waals surface area contributed by atoms with Crippen molar-refractivity contribution in [2.75, 3.05) is 36.8 Å². The van der Waals surface area contributed by atoms with Gasteiger partial charge in [0, 0.05) is 26.2 Å². The maximum atomic E-state index is 11.6. The summed E-state index contributed by atoms with van der Waals surface area (Å²) in [5, 5.41) is 6.54. The van der Waals surface area contributed by atoms with E-state index in [1.807, 2.05) is 4.90 Å². The van der Waals surface area contributed by atoms with Gasteiger partial charge >= 0.3 is 0 Å². The molecule has 0 bridgehead atoms. The summed E-state index contributed by atoms with van der Waals surface area (Å²) in [5.41, 5.74) is 0. The fourth-order valence-corrected chi connectivity index (χ4v) is 2.80. The van der Waals surface area contributed by atoms with Crippen LogP contribution in [-0.2, 0) is 10.0 Å². The van der Waals surface area contributed by atoms with E-state index in [9.17, 15) is 8.42 Å². The summed E-state index contributed by atoms with van der Waals surface area (Å²) in [6.07, 6.45) is 1.45. The van der Waals surface area contributed by atoms with Gasteiger partial charge in [0.25, 0.3) is 0 Å². The zero-order valence-corrected chi connectivity index (χ0v) is 9.94. The van der Waals surface area contributed by atoms with Crippen molar-refractivity contribution >= 4 is 16.0 Å². The van der Waals surface area contributed by atoms with E-state index in [-0.39, 0.29) is 5.75 Å². The Hall–Kier alpha value is -1.15. The first-order valence-electron chi connectivity index (χ1n) is 5.21. The SMILES string of the molecule is CCS(=O)(=O)N1CCN(c2ncn[nH]2)CC1. The Morgan fingerprint density at radius 2 is 2.06 bits per heavy atom. The number of hydrogen-bond acceptors (Lipinski definition) is 5. The maximum absolute atomic E-state index is 11.6. The van der Waals surface area contributed by atoms with E-state index in [1.54, 1.807) is 6.92 Å². The van der Waals surface area contributed by atoms with Crippen LogP contribution in [0.1, 0.15) is 6.92 Å². The summed E-state index contributed by atoms with van der Waals surface area (Å²) >= 11 is 0. The molecular weight excluding hydrogens is 230 g/mol. The minimum atomic E-state index is -3.05. The molecule has 2 rings (SSSR count). The van der Waals surface area contributed by atoms with Crippen LogP contribution >= 0.6 is 0 Å². The van der Waals surface area contributed by atoms with Crippen LogP contribution < -0.4 is 4.90 Å². The molecule has 1 aromatic heterocycles. The van der Waals surface area contributed by atoms with Gasteiger partial charge in [-0.25, -0.2) is 13.5 Å². The van der Waals surface area contributed by atoms with Gasteiger partial charge in [0.1, 0.15) is 6.33 Å². The van der Waals surface area contributed by atoms with Gasteiger partial charge < -0.3 is 4.90 Å². The molecule has 1 saturated heterocycles.